The molecule has 0 atom stereocenters. The summed E-state index contributed by atoms with van der Waals surface area (Å²) in [4.78, 5) is -0.879. The van der Waals surface area contributed by atoms with Crippen molar-refractivity contribution in [1.82, 2.24) is 0 Å². The molecule has 16 heavy (non-hydrogen) atoms. The molecule has 0 aliphatic carbocycles. The van der Waals surface area contributed by atoms with Gasteiger partial charge < -0.3 is 5.73 Å². The Morgan fingerprint density at radius 1 is 1.25 bits per heavy atom. The Morgan fingerprint density at radius 2 is 1.75 bits per heavy atom. The third kappa shape index (κ3) is 2.69. The number of hydrogen-bond donors (Lipinski definition) is 1. The lowest BCUT2D eigenvalue weighted by molar-refractivity contribution is 0.519. The van der Waals surface area contributed by atoms with E-state index in [0.717, 1.165) is 12.1 Å². The molecule has 1 aromatic rings. The van der Waals surface area contributed by atoms with Crippen molar-refractivity contribution < 1.29 is 17.2 Å². The maximum Gasteiger partial charge on any atom is 0.184 e. The minimum atomic E-state index is -3.91. The van der Waals surface area contributed by atoms with Crippen molar-refractivity contribution >= 4 is 15.5 Å². The fraction of sp³-hybridized carbons (Fsp3) is 0.400. The monoisotopic (exact) mass is 249 g/mol. The number of benzene rings is 1. The average molecular weight is 249 g/mol. The van der Waals surface area contributed by atoms with E-state index in [0.29, 0.717) is 12.8 Å². The van der Waals surface area contributed by atoms with E-state index in [4.69, 9.17) is 5.73 Å². The lowest BCUT2D eigenvalue weighted by atomic mass is 10.3. The third-order valence-electron chi connectivity index (χ3n) is 2.10. The minimum absolute atomic E-state index is 0.135. The largest absolute Gasteiger partial charge is 0.399 e. The van der Waals surface area contributed by atoms with Crippen LogP contribution in [0.2, 0.25) is 0 Å². The van der Waals surface area contributed by atoms with E-state index in [9.17, 15) is 17.2 Å². The van der Waals surface area contributed by atoms with Gasteiger partial charge in [0.15, 0.2) is 9.84 Å². The molecule has 0 aromatic heterocycles. The molecule has 90 valence electrons. The van der Waals surface area contributed by atoms with Gasteiger partial charge in [-0.1, -0.05) is 13.3 Å². The highest BCUT2D eigenvalue weighted by Crippen LogP contribution is 2.23. The van der Waals surface area contributed by atoms with Gasteiger partial charge in [0, 0.05) is 5.69 Å². The Morgan fingerprint density at radius 3 is 2.19 bits per heavy atom. The molecule has 0 saturated carbocycles. The first kappa shape index (κ1) is 12.9. The topological polar surface area (TPSA) is 60.2 Å². The van der Waals surface area contributed by atoms with E-state index in [1.807, 2.05) is 0 Å². The normalized spacial score (nSPS) is 11.7. The van der Waals surface area contributed by atoms with Crippen molar-refractivity contribution in [2.45, 2.75) is 24.7 Å². The summed E-state index contributed by atoms with van der Waals surface area (Å²) < 4.78 is 49.9. The van der Waals surface area contributed by atoms with Crippen LogP contribution in [0.25, 0.3) is 0 Å². The Hall–Kier alpha value is -1.17. The predicted molar refractivity (Wildman–Crippen MR) is 57.7 cm³/mol. The maximum atomic E-state index is 13.3. The molecule has 0 radical (unpaired) electrons. The van der Waals surface area contributed by atoms with Gasteiger partial charge in [-0.15, -0.1) is 0 Å². The van der Waals surface area contributed by atoms with Crippen molar-refractivity contribution in [3.05, 3.63) is 23.8 Å². The molecule has 2 N–H and O–H groups in total. The van der Waals surface area contributed by atoms with Gasteiger partial charge in [0.05, 0.1) is 5.75 Å². The van der Waals surface area contributed by atoms with E-state index in [1.165, 1.54) is 0 Å². The quantitative estimate of drug-likeness (QED) is 0.831. The summed E-state index contributed by atoms with van der Waals surface area (Å²) >= 11 is 0. The van der Waals surface area contributed by atoms with Crippen LogP contribution in [0.15, 0.2) is 17.0 Å². The summed E-state index contributed by atoms with van der Waals surface area (Å²) in [6.07, 6.45) is 1.00. The van der Waals surface area contributed by atoms with Crippen LogP contribution in [0.5, 0.6) is 0 Å². The standard InChI is InChI=1S/C10H13F2NO2S/c1-2-3-4-16(14,15)10-8(11)5-7(13)6-9(10)12/h5-6H,2-4,13H2,1H3. The van der Waals surface area contributed by atoms with E-state index < -0.39 is 26.4 Å². The zero-order chi connectivity index (χ0) is 12.3. The van der Waals surface area contributed by atoms with Crippen LogP contribution in [-0.2, 0) is 9.84 Å². The first-order chi connectivity index (χ1) is 7.38. The highest BCUT2D eigenvalue weighted by Gasteiger charge is 2.23. The number of hydrogen-bond acceptors (Lipinski definition) is 3. The Bertz CT molecular complexity index is 463. The van der Waals surface area contributed by atoms with Gasteiger partial charge in [-0.05, 0) is 18.6 Å². The van der Waals surface area contributed by atoms with Gasteiger partial charge >= 0.3 is 0 Å². The van der Waals surface area contributed by atoms with E-state index in [2.05, 4.69) is 0 Å². The second-order valence-corrected chi connectivity index (χ2v) is 5.53. The molecule has 0 amide bonds. The van der Waals surface area contributed by atoms with Crippen LogP contribution in [0, 0.1) is 11.6 Å². The van der Waals surface area contributed by atoms with E-state index in [1.54, 1.807) is 6.92 Å². The number of unbranched alkanes of at least 4 members (excludes halogenated alkanes) is 1. The van der Waals surface area contributed by atoms with E-state index in [-0.39, 0.29) is 11.4 Å². The van der Waals surface area contributed by atoms with Gasteiger partial charge in [-0.25, -0.2) is 17.2 Å². The molecule has 0 heterocycles. The van der Waals surface area contributed by atoms with Crippen molar-refractivity contribution in [3.63, 3.8) is 0 Å². The fourth-order valence-corrected chi connectivity index (χ4v) is 2.90. The van der Waals surface area contributed by atoms with Gasteiger partial charge in [0.25, 0.3) is 0 Å². The average Bonchev–Trinajstić information content (AvgIpc) is 2.12. The highest BCUT2D eigenvalue weighted by molar-refractivity contribution is 7.91. The second-order valence-electron chi connectivity index (χ2n) is 3.49. The van der Waals surface area contributed by atoms with Crippen molar-refractivity contribution in [3.8, 4) is 0 Å². The summed E-state index contributed by atoms with van der Waals surface area (Å²) in [5.74, 6) is -2.52. The van der Waals surface area contributed by atoms with Crippen LogP contribution in [0.1, 0.15) is 19.8 Å². The summed E-state index contributed by atoms with van der Waals surface area (Å²) in [5, 5.41) is 0. The smallest absolute Gasteiger partial charge is 0.184 e. The Labute approximate surface area is 93.2 Å². The van der Waals surface area contributed by atoms with Crippen LogP contribution < -0.4 is 5.73 Å². The molecule has 6 heteroatoms. The molecule has 0 spiro atoms. The molecule has 0 aliphatic rings. The molecular weight excluding hydrogens is 236 g/mol. The number of nitrogen functional groups attached to an aromatic ring is 1. The molecule has 1 rings (SSSR count). The molecule has 0 unspecified atom stereocenters. The Kier molecular flexibility index (Phi) is 3.85. The van der Waals surface area contributed by atoms with Gasteiger partial charge in [0.1, 0.15) is 16.5 Å². The van der Waals surface area contributed by atoms with Crippen molar-refractivity contribution in [1.29, 1.82) is 0 Å². The molecule has 1 aromatic carbocycles. The second kappa shape index (κ2) is 4.78. The molecule has 0 fully saturated rings. The zero-order valence-electron chi connectivity index (χ0n) is 8.83. The van der Waals surface area contributed by atoms with E-state index >= 15 is 0 Å². The first-order valence-corrected chi connectivity index (χ1v) is 6.51. The van der Waals surface area contributed by atoms with Crippen LogP contribution in [-0.4, -0.2) is 14.2 Å². The minimum Gasteiger partial charge on any atom is -0.399 e. The SMILES string of the molecule is CCCCS(=O)(=O)c1c(F)cc(N)cc1F. The molecule has 0 saturated heterocycles. The third-order valence-corrected chi connectivity index (χ3v) is 3.94. The van der Waals surface area contributed by atoms with Crippen LogP contribution in [0.3, 0.4) is 0 Å². The summed E-state index contributed by atoms with van der Waals surface area (Å²) in [7, 11) is -3.91. The van der Waals surface area contributed by atoms with Gasteiger partial charge in [0.2, 0.25) is 0 Å². The number of anilines is 1. The van der Waals surface area contributed by atoms with Crippen molar-refractivity contribution in [2.75, 3.05) is 11.5 Å². The lowest BCUT2D eigenvalue weighted by Crippen LogP contribution is -2.11. The summed E-state index contributed by atoms with van der Waals surface area (Å²) in [6, 6.07) is 1.61. The van der Waals surface area contributed by atoms with Crippen molar-refractivity contribution in [2.24, 2.45) is 0 Å². The van der Waals surface area contributed by atoms with Crippen LogP contribution in [0.4, 0.5) is 14.5 Å². The van der Waals surface area contributed by atoms with Gasteiger partial charge in [-0.2, -0.15) is 0 Å². The lowest BCUT2D eigenvalue weighted by Gasteiger charge is -2.07. The maximum absolute atomic E-state index is 13.3. The molecule has 3 nitrogen and oxygen atoms in total. The Balaban J connectivity index is 3.23. The number of nitrogens with two attached hydrogens (primary N) is 1. The van der Waals surface area contributed by atoms with Crippen LogP contribution >= 0.6 is 0 Å². The summed E-state index contributed by atoms with van der Waals surface area (Å²) in [5.41, 5.74) is 5.06. The number of rotatable bonds is 4. The molecule has 0 bridgehead atoms. The zero-order valence-corrected chi connectivity index (χ0v) is 9.65. The first-order valence-electron chi connectivity index (χ1n) is 4.85. The summed E-state index contributed by atoms with van der Waals surface area (Å²) in [6.45, 7) is 1.80. The van der Waals surface area contributed by atoms with Gasteiger partial charge in [-0.3, -0.25) is 0 Å². The fourth-order valence-electron chi connectivity index (χ4n) is 1.31. The number of sulfone groups is 1. The molecule has 0 aliphatic heterocycles. The molecular formula is C10H13F2NO2S. The highest BCUT2D eigenvalue weighted by atomic mass is 32.2. The number of halogens is 2. The predicted octanol–water partition coefficient (Wildman–Crippen LogP) is 2.12.